The number of thiophene rings is 1. The predicted molar refractivity (Wildman–Crippen MR) is 79.0 cm³/mol. The summed E-state index contributed by atoms with van der Waals surface area (Å²) >= 11 is 1.08. The number of fused-ring (bicyclic) bond motifs is 1. The van der Waals surface area contributed by atoms with Crippen molar-refractivity contribution in [3.05, 3.63) is 40.9 Å². The maximum absolute atomic E-state index is 11.1. The number of nitrogens with two attached hydrogens (primary N) is 1. The van der Waals surface area contributed by atoms with Crippen LogP contribution < -0.4 is 5.73 Å². The molecule has 3 N–H and O–H groups in total. The number of aromatic nitrogens is 2. The van der Waals surface area contributed by atoms with E-state index >= 15 is 0 Å². The van der Waals surface area contributed by atoms with Gasteiger partial charge in [-0.15, -0.1) is 11.3 Å². The zero-order chi connectivity index (χ0) is 14.3. The van der Waals surface area contributed by atoms with E-state index in [1.54, 1.807) is 0 Å². The van der Waals surface area contributed by atoms with E-state index in [9.17, 15) is 4.79 Å². The van der Waals surface area contributed by atoms with Crippen LogP contribution in [0.4, 0.5) is 5.69 Å². The van der Waals surface area contributed by atoms with E-state index in [0.717, 1.165) is 16.9 Å². The lowest BCUT2D eigenvalue weighted by atomic mass is 10.2. The number of carboxylic acids is 1. The summed E-state index contributed by atoms with van der Waals surface area (Å²) in [4.78, 5) is 20.7. The molecule has 0 saturated carbocycles. The molecule has 3 aromatic rings. The molecule has 3 rings (SSSR count). The third-order valence-corrected chi connectivity index (χ3v) is 4.08. The molecular formula is C14H11N3O2S. The van der Waals surface area contributed by atoms with Gasteiger partial charge in [-0.05, 0) is 6.92 Å². The number of hydrogen-bond acceptors (Lipinski definition) is 5. The minimum absolute atomic E-state index is 0.114. The second kappa shape index (κ2) is 4.57. The van der Waals surface area contributed by atoms with Gasteiger partial charge in [-0.25, -0.2) is 14.8 Å². The topological polar surface area (TPSA) is 89.1 Å². The minimum atomic E-state index is -1.04. The standard InChI is InChI=1S/C14H11N3O2S/c1-7-9-10(15)11(14(18)19)20-13(9)17-12(16-7)8-5-3-2-4-6-8/h2-6H,15H2,1H3,(H,18,19). The van der Waals surface area contributed by atoms with Crippen LogP contribution in [0, 0.1) is 6.92 Å². The van der Waals surface area contributed by atoms with Crippen LogP contribution in [0.3, 0.4) is 0 Å². The van der Waals surface area contributed by atoms with E-state index in [0.29, 0.717) is 21.7 Å². The van der Waals surface area contributed by atoms with E-state index in [4.69, 9.17) is 10.8 Å². The largest absolute Gasteiger partial charge is 0.477 e. The number of hydrogen-bond donors (Lipinski definition) is 2. The van der Waals surface area contributed by atoms with Crippen molar-refractivity contribution in [2.45, 2.75) is 6.92 Å². The number of rotatable bonds is 2. The van der Waals surface area contributed by atoms with Crippen molar-refractivity contribution in [1.82, 2.24) is 9.97 Å². The lowest BCUT2D eigenvalue weighted by Crippen LogP contribution is -1.98. The molecular weight excluding hydrogens is 274 g/mol. The van der Waals surface area contributed by atoms with Gasteiger partial charge in [0.2, 0.25) is 0 Å². The minimum Gasteiger partial charge on any atom is -0.477 e. The Kier molecular flexibility index (Phi) is 2.87. The van der Waals surface area contributed by atoms with E-state index in [2.05, 4.69) is 9.97 Å². The first kappa shape index (κ1) is 12.6. The summed E-state index contributed by atoms with van der Waals surface area (Å²) in [5.41, 5.74) is 7.70. The zero-order valence-electron chi connectivity index (χ0n) is 10.6. The van der Waals surface area contributed by atoms with Gasteiger partial charge in [-0.2, -0.15) is 0 Å². The predicted octanol–water partition coefficient (Wildman–Crippen LogP) is 2.95. The Morgan fingerprint density at radius 2 is 1.95 bits per heavy atom. The molecule has 2 heterocycles. The molecule has 6 heteroatoms. The Hall–Kier alpha value is -2.47. The van der Waals surface area contributed by atoms with Crippen LogP contribution in [0.5, 0.6) is 0 Å². The molecule has 0 aliphatic heterocycles. The highest BCUT2D eigenvalue weighted by molar-refractivity contribution is 7.21. The average Bonchev–Trinajstić information content (AvgIpc) is 2.77. The number of carboxylic acid groups (broad SMARTS) is 1. The van der Waals surface area contributed by atoms with Crippen LogP contribution in [0.2, 0.25) is 0 Å². The molecule has 0 spiro atoms. The molecule has 20 heavy (non-hydrogen) atoms. The highest BCUT2D eigenvalue weighted by atomic mass is 32.1. The molecule has 5 nitrogen and oxygen atoms in total. The van der Waals surface area contributed by atoms with Gasteiger partial charge in [0.25, 0.3) is 0 Å². The highest BCUT2D eigenvalue weighted by Crippen LogP contribution is 2.35. The van der Waals surface area contributed by atoms with Gasteiger partial charge in [0.05, 0.1) is 16.8 Å². The third kappa shape index (κ3) is 1.90. The van der Waals surface area contributed by atoms with Crippen LogP contribution in [-0.4, -0.2) is 21.0 Å². The van der Waals surface area contributed by atoms with E-state index in [1.165, 1.54) is 0 Å². The van der Waals surface area contributed by atoms with Gasteiger partial charge in [0, 0.05) is 5.56 Å². The first-order valence-corrected chi connectivity index (χ1v) is 6.75. The van der Waals surface area contributed by atoms with Gasteiger partial charge >= 0.3 is 5.97 Å². The van der Waals surface area contributed by atoms with Crippen molar-refractivity contribution in [3.63, 3.8) is 0 Å². The maximum atomic E-state index is 11.1. The molecule has 1 aromatic carbocycles. The van der Waals surface area contributed by atoms with Crippen molar-refractivity contribution in [2.75, 3.05) is 5.73 Å². The van der Waals surface area contributed by atoms with Crippen molar-refractivity contribution in [2.24, 2.45) is 0 Å². The molecule has 0 aliphatic rings. The van der Waals surface area contributed by atoms with E-state index in [1.807, 2.05) is 37.3 Å². The smallest absolute Gasteiger partial charge is 0.348 e. The zero-order valence-corrected chi connectivity index (χ0v) is 11.4. The molecule has 0 saturated heterocycles. The SMILES string of the molecule is Cc1nc(-c2ccccc2)nc2sc(C(=O)O)c(N)c12. The van der Waals surface area contributed by atoms with Crippen molar-refractivity contribution < 1.29 is 9.90 Å². The molecule has 0 fully saturated rings. The molecule has 100 valence electrons. The second-order valence-electron chi connectivity index (χ2n) is 4.33. The van der Waals surface area contributed by atoms with Gasteiger partial charge in [0.1, 0.15) is 9.71 Å². The van der Waals surface area contributed by atoms with Crippen LogP contribution in [0.25, 0.3) is 21.6 Å². The summed E-state index contributed by atoms with van der Waals surface area (Å²) in [6.45, 7) is 1.81. The van der Waals surface area contributed by atoms with Crippen LogP contribution >= 0.6 is 11.3 Å². The quantitative estimate of drug-likeness (QED) is 0.755. The number of anilines is 1. The first-order chi connectivity index (χ1) is 9.58. The summed E-state index contributed by atoms with van der Waals surface area (Å²) in [5.74, 6) is -0.458. The Morgan fingerprint density at radius 3 is 2.60 bits per heavy atom. The molecule has 0 radical (unpaired) electrons. The fourth-order valence-electron chi connectivity index (χ4n) is 2.07. The van der Waals surface area contributed by atoms with Crippen LogP contribution in [-0.2, 0) is 0 Å². The van der Waals surface area contributed by atoms with Crippen molar-refractivity contribution in [1.29, 1.82) is 0 Å². The summed E-state index contributed by atoms with van der Waals surface area (Å²) < 4.78 is 0. The number of aryl methyl sites for hydroxylation is 1. The molecule has 0 atom stereocenters. The van der Waals surface area contributed by atoms with Crippen LogP contribution in [0.15, 0.2) is 30.3 Å². The van der Waals surface area contributed by atoms with E-state index in [-0.39, 0.29) is 10.6 Å². The fourth-order valence-corrected chi connectivity index (χ4v) is 3.06. The third-order valence-electron chi connectivity index (χ3n) is 3.00. The van der Waals surface area contributed by atoms with Crippen molar-refractivity contribution in [3.8, 4) is 11.4 Å². The van der Waals surface area contributed by atoms with Gasteiger partial charge in [0.15, 0.2) is 5.82 Å². The normalized spacial score (nSPS) is 10.8. The van der Waals surface area contributed by atoms with Gasteiger partial charge in [-0.1, -0.05) is 30.3 Å². The Morgan fingerprint density at radius 1 is 1.25 bits per heavy atom. The summed E-state index contributed by atoms with van der Waals surface area (Å²) in [6.07, 6.45) is 0. The highest BCUT2D eigenvalue weighted by Gasteiger charge is 2.19. The lowest BCUT2D eigenvalue weighted by Gasteiger charge is -2.03. The fraction of sp³-hybridized carbons (Fsp3) is 0.0714. The summed E-state index contributed by atoms with van der Waals surface area (Å²) in [5, 5.41) is 9.76. The number of nitrogens with zero attached hydrogens (tertiary/aromatic N) is 2. The number of carbonyl (C=O) groups is 1. The Bertz CT molecular complexity index is 812. The monoisotopic (exact) mass is 285 g/mol. The molecule has 0 bridgehead atoms. The van der Waals surface area contributed by atoms with Gasteiger partial charge in [-0.3, -0.25) is 0 Å². The molecule has 2 aromatic heterocycles. The molecule has 0 aliphatic carbocycles. The van der Waals surface area contributed by atoms with Crippen LogP contribution in [0.1, 0.15) is 15.4 Å². The maximum Gasteiger partial charge on any atom is 0.348 e. The molecule has 0 amide bonds. The molecule has 0 unspecified atom stereocenters. The lowest BCUT2D eigenvalue weighted by molar-refractivity contribution is 0.0703. The van der Waals surface area contributed by atoms with Gasteiger partial charge < -0.3 is 10.8 Å². The van der Waals surface area contributed by atoms with E-state index < -0.39 is 5.97 Å². The number of benzene rings is 1. The Balaban J connectivity index is 2.28. The first-order valence-electron chi connectivity index (χ1n) is 5.93. The number of nitrogen functional groups attached to an aromatic ring is 1. The number of aromatic carboxylic acids is 1. The average molecular weight is 285 g/mol. The van der Waals surface area contributed by atoms with Crippen molar-refractivity contribution >= 4 is 33.2 Å². The Labute approximate surface area is 118 Å². The summed E-state index contributed by atoms with van der Waals surface area (Å²) in [7, 11) is 0. The second-order valence-corrected chi connectivity index (χ2v) is 5.33. The summed E-state index contributed by atoms with van der Waals surface area (Å²) in [6, 6.07) is 9.55.